The standard InChI is InChI=1S/C28H33ClN6O2S/c1-18-27(30)28(17-37-18)8-11-34(12-9-28)24-15-32-25(16-31-24)38-23-7-4-5-19(26(23)29)13-22(36)21-14-20-6-2-3-10-35(20)33-21/h4-5,7,14-16,18,27H,2-3,6,8-13,17,30H2,1H3/t18-,27+/m0/s1. The van der Waals surface area contributed by atoms with Crippen molar-refractivity contribution in [3.63, 3.8) is 0 Å². The van der Waals surface area contributed by atoms with Crippen molar-refractivity contribution in [2.24, 2.45) is 11.1 Å². The van der Waals surface area contributed by atoms with Gasteiger partial charge in [-0.2, -0.15) is 5.10 Å². The van der Waals surface area contributed by atoms with Crippen LogP contribution in [0.25, 0.3) is 0 Å². The third-order valence-electron chi connectivity index (χ3n) is 8.35. The lowest BCUT2D eigenvalue weighted by atomic mass is 9.73. The van der Waals surface area contributed by atoms with Crippen molar-refractivity contribution in [2.45, 2.75) is 74.1 Å². The van der Waals surface area contributed by atoms with Gasteiger partial charge in [-0.05, 0) is 56.7 Å². The third-order valence-corrected chi connectivity index (χ3v) is 9.89. The quantitative estimate of drug-likeness (QED) is 0.444. The summed E-state index contributed by atoms with van der Waals surface area (Å²) < 4.78 is 7.81. The van der Waals surface area contributed by atoms with Crippen molar-refractivity contribution >= 4 is 35.0 Å². The van der Waals surface area contributed by atoms with Crippen LogP contribution in [-0.4, -0.2) is 57.4 Å². The average Bonchev–Trinajstić information content (AvgIpc) is 3.49. The summed E-state index contributed by atoms with van der Waals surface area (Å²) in [5.41, 5.74) is 9.01. The summed E-state index contributed by atoms with van der Waals surface area (Å²) in [6, 6.07) is 7.81. The van der Waals surface area contributed by atoms with Crippen molar-refractivity contribution in [3.05, 3.63) is 58.6 Å². The number of aromatic nitrogens is 4. The predicted molar refractivity (Wildman–Crippen MR) is 148 cm³/mol. The number of nitrogens with zero attached hydrogens (tertiary/aromatic N) is 5. The maximum Gasteiger partial charge on any atom is 0.187 e. The molecule has 0 radical (unpaired) electrons. The summed E-state index contributed by atoms with van der Waals surface area (Å²) in [6.45, 7) is 5.49. The molecule has 2 fully saturated rings. The predicted octanol–water partition coefficient (Wildman–Crippen LogP) is 4.57. The largest absolute Gasteiger partial charge is 0.376 e. The SMILES string of the molecule is C[C@@H]1OCC2(CCN(c3cnc(Sc4cccc(CC(=O)c5cc6n(n5)CCCC6)c4Cl)cn3)CC2)[C@@H]1N. The molecule has 3 aliphatic rings. The van der Waals surface area contributed by atoms with Crippen molar-refractivity contribution < 1.29 is 9.53 Å². The second-order valence-electron chi connectivity index (χ2n) is 10.7. The van der Waals surface area contributed by atoms with Gasteiger partial charge in [-0.25, -0.2) is 9.97 Å². The van der Waals surface area contributed by atoms with Crippen LogP contribution in [0.4, 0.5) is 5.82 Å². The van der Waals surface area contributed by atoms with E-state index >= 15 is 0 Å². The molecule has 6 rings (SSSR count). The van der Waals surface area contributed by atoms with Gasteiger partial charge in [0.2, 0.25) is 0 Å². The number of aryl methyl sites for hydroxylation is 2. The number of rotatable bonds is 6. The van der Waals surface area contributed by atoms with Crippen LogP contribution in [0.1, 0.15) is 54.4 Å². The maximum absolute atomic E-state index is 13.0. The second-order valence-corrected chi connectivity index (χ2v) is 12.2. The Balaban J connectivity index is 1.09. The highest BCUT2D eigenvalue weighted by Crippen LogP contribution is 2.42. The number of ether oxygens (including phenoxy) is 1. The van der Waals surface area contributed by atoms with Gasteiger partial charge in [-0.1, -0.05) is 35.5 Å². The lowest BCUT2D eigenvalue weighted by molar-refractivity contribution is 0.0973. The normalized spacial score (nSPS) is 22.6. The summed E-state index contributed by atoms with van der Waals surface area (Å²) in [6.07, 6.45) is 9.20. The van der Waals surface area contributed by atoms with E-state index in [0.717, 1.165) is 85.3 Å². The van der Waals surface area contributed by atoms with E-state index in [1.807, 2.05) is 35.1 Å². The molecule has 2 aromatic heterocycles. The Morgan fingerprint density at radius 1 is 1.21 bits per heavy atom. The topological polar surface area (TPSA) is 99.2 Å². The van der Waals surface area contributed by atoms with Gasteiger partial charge in [-0.15, -0.1) is 0 Å². The van der Waals surface area contributed by atoms with Gasteiger partial charge >= 0.3 is 0 Å². The molecule has 10 heteroatoms. The Labute approximate surface area is 232 Å². The number of anilines is 1. The van der Waals surface area contributed by atoms with Crippen LogP contribution in [0.2, 0.25) is 5.02 Å². The van der Waals surface area contributed by atoms with E-state index in [4.69, 9.17) is 27.1 Å². The van der Waals surface area contributed by atoms with Crippen molar-refractivity contribution in [2.75, 3.05) is 24.6 Å². The molecule has 2 saturated heterocycles. The third kappa shape index (κ3) is 4.97. The Bertz CT molecular complexity index is 1300. The molecule has 38 heavy (non-hydrogen) atoms. The Kier molecular flexibility index (Phi) is 7.20. The van der Waals surface area contributed by atoms with E-state index in [1.54, 1.807) is 6.20 Å². The molecule has 8 nitrogen and oxygen atoms in total. The summed E-state index contributed by atoms with van der Waals surface area (Å²) in [5, 5.41) is 5.86. The number of piperidine rings is 1. The van der Waals surface area contributed by atoms with Gasteiger partial charge in [0.15, 0.2) is 5.78 Å². The van der Waals surface area contributed by atoms with E-state index in [2.05, 4.69) is 21.9 Å². The molecule has 0 unspecified atom stereocenters. The van der Waals surface area contributed by atoms with Gasteiger partial charge in [0, 0.05) is 48.1 Å². The van der Waals surface area contributed by atoms with E-state index < -0.39 is 0 Å². The van der Waals surface area contributed by atoms with Crippen LogP contribution in [0.3, 0.4) is 0 Å². The Morgan fingerprint density at radius 2 is 2.05 bits per heavy atom. The van der Waals surface area contributed by atoms with Gasteiger partial charge in [0.05, 0.1) is 30.1 Å². The Hall–Kier alpha value is -2.46. The second kappa shape index (κ2) is 10.6. The molecule has 200 valence electrons. The molecule has 1 spiro atoms. The first kappa shape index (κ1) is 25.8. The van der Waals surface area contributed by atoms with Crippen LogP contribution in [0.5, 0.6) is 0 Å². The molecular formula is C28H33ClN6O2S. The first-order valence-electron chi connectivity index (χ1n) is 13.4. The zero-order valence-corrected chi connectivity index (χ0v) is 23.2. The fourth-order valence-corrected chi connectivity index (χ4v) is 6.99. The van der Waals surface area contributed by atoms with Crippen LogP contribution in [-0.2, 0) is 24.1 Å². The minimum Gasteiger partial charge on any atom is -0.376 e. The first-order valence-corrected chi connectivity index (χ1v) is 14.6. The highest BCUT2D eigenvalue weighted by atomic mass is 35.5. The van der Waals surface area contributed by atoms with E-state index in [-0.39, 0.29) is 29.8 Å². The van der Waals surface area contributed by atoms with E-state index in [1.165, 1.54) is 11.8 Å². The molecule has 0 saturated carbocycles. The highest BCUT2D eigenvalue weighted by Gasteiger charge is 2.47. The smallest absolute Gasteiger partial charge is 0.187 e. The number of fused-ring (bicyclic) bond motifs is 1. The number of nitrogens with two attached hydrogens (primary N) is 1. The zero-order chi connectivity index (χ0) is 26.3. The fourth-order valence-electron chi connectivity index (χ4n) is 5.88. The molecule has 1 aromatic carbocycles. The van der Waals surface area contributed by atoms with Crippen LogP contribution in [0.15, 0.2) is 46.6 Å². The van der Waals surface area contributed by atoms with E-state index in [0.29, 0.717) is 10.7 Å². The molecule has 0 amide bonds. The Morgan fingerprint density at radius 3 is 2.76 bits per heavy atom. The zero-order valence-electron chi connectivity index (χ0n) is 21.6. The number of Topliss-reactive ketones (excluding diaryl/α,β-unsaturated/α-hetero) is 1. The van der Waals surface area contributed by atoms with Crippen LogP contribution >= 0.6 is 23.4 Å². The number of hydrogen-bond donors (Lipinski definition) is 1. The van der Waals surface area contributed by atoms with Crippen LogP contribution in [0, 0.1) is 5.41 Å². The van der Waals surface area contributed by atoms with Crippen LogP contribution < -0.4 is 10.6 Å². The molecular weight excluding hydrogens is 520 g/mol. The lowest BCUT2D eigenvalue weighted by Gasteiger charge is -2.41. The highest BCUT2D eigenvalue weighted by molar-refractivity contribution is 7.99. The summed E-state index contributed by atoms with van der Waals surface area (Å²) >= 11 is 8.21. The lowest BCUT2D eigenvalue weighted by Crippen LogP contribution is -2.50. The molecule has 0 bridgehead atoms. The molecule has 0 aliphatic carbocycles. The van der Waals surface area contributed by atoms with Gasteiger partial charge in [0.25, 0.3) is 0 Å². The van der Waals surface area contributed by atoms with Gasteiger partial charge in [0.1, 0.15) is 16.5 Å². The first-order chi connectivity index (χ1) is 18.4. The van der Waals surface area contributed by atoms with Gasteiger partial charge in [-0.3, -0.25) is 9.48 Å². The average molecular weight is 553 g/mol. The summed E-state index contributed by atoms with van der Waals surface area (Å²) in [5.74, 6) is 0.862. The number of hydrogen-bond acceptors (Lipinski definition) is 8. The van der Waals surface area contributed by atoms with Gasteiger partial charge < -0.3 is 15.4 Å². The number of halogens is 1. The summed E-state index contributed by atoms with van der Waals surface area (Å²) in [4.78, 5) is 25.4. The van der Waals surface area contributed by atoms with Crippen molar-refractivity contribution in [1.29, 1.82) is 0 Å². The van der Waals surface area contributed by atoms with Crippen molar-refractivity contribution in [1.82, 2.24) is 19.7 Å². The molecule has 3 aliphatic heterocycles. The molecule has 3 aromatic rings. The molecule has 2 atom stereocenters. The van der Waals surface area contributed by atoms with E-state index in [9.17, 15) is 4.79 Å². The monoisotopic (exact) mass is 552 g/mol. The molecule has 2 N–H and O–H groups in total. The number of carbonyl (C=O) groups is 1. The number of ketones is 1. The minimum absolute atomic E-state index is 0.0111. The number of benzene rings is 1. The fraction of sp³-hybridized carbons (Fsp3) is 0.500. The minimum atomic E-state index is -0.0111. The summed E-state index contributed by atoms with van der Waals surface area (Å²) in [7, 11) is 0. The number of carbonyl (C=O) groups excluding carboxylic acids is 1. The maximum atomic E-state index is 13.0. The molecule has 5 heterocycles. The van der Waals surface area contributed by atoms with Crippen molar-refractivity contribution in [3.8, 4) is 0 Å².